The van der Waals surface area contributed by atoms with Gasteiger partial charge in [-0.2, -0.15) is 0 Å². The molecule has 0 bridgehead atoms. The van der Waals surface area contributed by atoms with Crippen molar-refractivity contribution in [1.29, 1.82) is 0 Å². The van der Waals surface area contributed by atoms with Crippen LogP contribution in [-0.4, -0.2) is 25.5 Å². The van der Waals surface area contributed by atoms with Gasteiger partial charge in [-0.1, -0.05) is 6.07 Å². The van der Waals surface area contributed by atoms with Gasteiger partial charge in [-0.15, -0.1) is 0 Å². The van der Waals surface area contributed by atoms with Crippen LogP contribution in [0.4, 0.5) is 5.69 Å². The van der Waals surface area contributed by atoms with Gasteiger partial charge in [0.1, 0.15) is 11.5 Å². The number of anilines is 1. The maximum absolute atomic E-state index is 12.9. The summed E-state index contributed by atoms with van der Waals surface area (Å²) in [5, 5.41) is 3.02. The first-order chi connectivity index (χ1) is 12.0. The van der Waals surface area contributed by atoms with Gasteiger partial charge in [0.2, 0.25) is 0 Å². The highest BCUT2D eigenvalue weighted by atomic mass is 16.5. The van der Waals surface area contributed by atoms with E-state index in [1.54, 1.807) is 23.3 Å². The van der Waals surface area contributed by atoms with Crippen LogP contribution >= 0.6 is 0 Å². The molecule has 25 heavy (non-hydrogen) atoms. The second-order valence-electron chi connectivity index (χ2n) is 5.94. The number of amides is 1. The summed E-state index contributed by atoms with van der Waals surface area (Å²) >= 11 is 0. The molecule has 0 saturated heterocycles. The Morgan fingerprint density at radius 1 is 1.28 bits per heavy atom. The Morgan fingerprint density at radius 2 is 2.08 bits per heavy atom. The molecular formula is C19H20N2O4. The number of nitrogens with zero attached hydrogens (tertiary/aromatic N) is 1. The summed E-state index contributed by atoms with van der Waals surface area (Å²) in [6.45, 7) is 4.49. The number of methoxy groups -OCH3 is 1. The summed E-state index contributed by atoms with van der Waals surface area (Å²) in [5.74, 6) is -0.0917. The lowest BCUT2D eigenvalue weighted by atomic mass is 10.1. The smallest absolute Gasteiger partial charge is 0.337 e. The minimum absolute atomic E-state index is 0.175. The highest BCUT2D eigenvalue weighted by Crippen LogP contribution is 2.27. The minimum Gasteiger partial charge on any atom is -0.467 e. The number of furan rings is 1. The zero-order valence-electron chi connectivity index (χ0n) is 14.5. The van der Waals surface area contributed by atoms with Gasteiger partial charge in [0, 0.05) is 5.69 Å². The molecule has 0 saturated carbocycles. The van der Waals surface area contributed by atoms with Crippen LogP contribution in [0.2, 0.25) is 0 Å². The first-order valence-electron chi connectivity index (χ1n) is 7.98. The van der Waals surface area contributed by atoms with Crippen LogP contribution in [0.5, 0.6) is 0 Å². The van der Waals surface area contributed by atoms with Crippen LogP contribution in [0.1, 0.15) is 16.9 Å². The Bertz CT molecular complexity index is 837. The number of esters is 1. The van der Waals surface area contributed by atoms with Crippen LogP contribution in [0.3, 0.4) is 0 Å². The zero-order chi connectivity index (χ0) is 18.0. The van der Waals surface area contributed by atoms with Gasteiger partial charge in [-0.05, 0) is 49.2 Å². The van der Waals surface area contributed by atoms with E-state index >= 15 is 0 Å². The van der Waals surface area contributed by atoms with Crippen molar-refractivity contribution < 1.29 is 18.7 Å². The van der Waals surface area contributed by atoms with Gasteiger partial charge in [-0.3, -0.25) is 4.79 Å². The number of ether oxygens (including phenoxy) is 1. The third-order valence-electron chi connectivity index (χ3n) is 4.33. The average molecular weight is 340 g/mol. The van der Waals surface area contributed by atoms with Crippen molar-refractivity contribution in [2.75, 3.05) is 18.6 Å². The molecule has 1 amide bonds. The fraction of sp³-hybridized carbons (Fsp3) is 0.263. The summed E-state index contributed by atoms with van der Waals surface area (Å²) in [5.41, 5.74) is 3.55. The molecule has 1 aliphatic heterocycles. The van der Waals surface area contributed by atoms with Gasteiger partial charge < -0.3 is 19.4 Å². The van der Waals surface area contributed by atoms with Gasteiger partial charge in [0.15, 0.2) is 0 Å². The molecule has 6 nitrogen and oxygen atoms in total. The number of carbonyl (C=O) groups is 2. The molecule has 3 rings (SSSR count). The molecule has 1 aliphatic rings. The van der Waals surface area contributed by atoms with Gasteiger partial charge in [-0.25, -0.2) is 4.79 Å². The van der Waals surface area contributed by atoms with Crippen molar-refractivity contribution in [1.82, 2.24) is 5.32 Å². The molecule has 1 aromatic heterocycles. The van der Waals surface area contributed by atoms with E-state index in [-0.39, 0.29) is 18.1 Å². The summed E-state index contributed by atoms with van der Waals surface area (Å²) in [4.78, 5) is 26.5. The largest absolute Gasteiger partial charge is 0.467 e. The van der Waals surface area contributed by atoms with Crippen molar-refractivity contribution in [3.63, 3.8) is 0 Å². The monoisotopic (exact) mass is 340 g/mol. The fourth-order valence-corrected chi connectivity index (χ4v) is 2.74. The van der Waals surface area contributed by atoms with E-state index in [0.717, 1.165) is 16.8 Å². The topological polar surface area (TPSA) is 71.8 Å². The predicted molar refractivity (Wildman–Crippen MR) is 92.9 cm³/mol. The fourth-order valence-electron chi connectivity index (χ4n) is 2.74. The maximum Gasteiger partial charge on any atom is 0.337 e. The van der Waals surface area contributed by atoms with E-state index in [2.05, 4.69) is 5.32 Å². The molecule has 0 fully saturated rings. The Hall–Kier alpha value is -3.02. The van der Waals surface area contributed by atoms with Crippen molar-refractivity contribution in [2.45, 2.75) is 20.4 Å². The van der Waals surface area contributed by atoms with Gasteiger partial charge in [0.25, 0.3) is 5.91 Å². The van der Waals surface area contributed by atoms with E-state index in [9.17, 15) is 9.59 Å². The normalized spacial score (nSPS) is 14.2. The number of hydrogen-bond donors (Lipinski definition) is 1. The SMILES string of the molecule is COC(=O)C1=C(NCc2ccco2)C(=O)N(c2ccc(C)c(C)c2)C1. The molecule has 130 valence electrons. The molecular weight excluding hydrogens is 320 g/mol. The zero-order valence-corrected chi connectivity index (χ0v) is 14.5. The van der Waals surface area contributed by atoms with Crippen molar-refractivity contribution in [3.05, 3.63) is 64.8 Å². The minimum atomic E-state index is -0.512. The van der Waals surface area contributed by atoms with E-state index in [0.29, 0.717) is 17.9 Å². The average Bonchev–Trinajstić information content (AvgIpc) is 3.23. The number of benzene rings is 1. The van der Waals surface area contributed by atoms with Crippen LogP contribution in [0, 0.1) is 13.8 Å². The van der Waals surface area contributed by atoms with E-state index in [1.807, 2.05) is 32.0 Å². The third-order valence-corrected chi connectivity index (χ3v) is 4.33. The summed E-state index contributed by atoms with van der Waals surface area (Å²) in [6, 6.07) is 9.35. The summed E-state index contributed by atoms with van der Waals surface area (Å²) in [7, 11) is 1.31. The molecule has 1 aromatic carbocycles. The van der Waals surface area contributed by atoms with E-state index in [4.69, 9.17) is 9.15 Å². The molecule has 0 spiro atoms. The Morgan fingerprint density at radius 3 is 2.72 bits per heavy atom. The predicted octanol–water partition coefficient (Wildman–Crippen LogP) is 2.46. The van der Waals surface area contributed by atoms with Crippen LogP contribution < -0.4 is 10.2 Å². The Labute approximate surface area is 146 Å². The molecule has 0 aliphatic carbocycles. The number of hydrogen-bond acceptors (Lipinski definition) is 5. The number of nitrogens with one attached hydrogen (secondary N) is 1. The lowest BCUT2D eigenvalue weighted by Gasteiger charge is -2.18. The molecule has 0 unspecified atom stereocenters. The van der Waals surface area contributed by atoms with E-state index < -0.39 is 5.97 Å². The first kappa shape index (κ1) is 16.8. The van der Waals surface area contributed by atoms with Crippen molar-refractivity contribution in [3.8, 4) is 0 Å². The highest BCUT2D eigenvalue weighted by Gasteiger charge is 2.35. The molecule has 2 heterocycles. The van der Waals surface area contributed by atoms with Crippen molar-refractivity contribution in [2.24, 2.45) is 0 Å². The lowest BCUT2D eigenvalue weighted by molar-refractivity contribution is -0.136. The molecule has 0 atom stereocenters. The molecule has 0 radical (unpaired) electrons. The lowest BCUT2D eigenvalue weighted by Crippen LogP contribution is -2.30. The van der Waals surface area contributed by atoms with Crippen molar-refractivity contribution >= 4 is 17.6 Å². The summed E-state index contributed by atoms with van der Waals surface area (Å²) in [6.07, 6.45) is 1.56. The standard InChI is InChI=1S/C19H20N2O4/c1-12-6-7-14(9-13(12)2)21-11-16(19(23)24-3)17(18(21)22)20-10-15-5-4-8-25-15/h4-9,20H,10-11H2,1-3H3. The van der Waals surface area contributed by atoms with Crippen LogP contribution in [0.25, 0.3) is 0 Å². The van der Waals surface area contributed by atoms with Crippen LogP contribution in [-0.2, 0) is 20.9 Å². The molecule has 6 heteroatoms. The highest BCUT2D eigenvalue weighted by molar-refractivity contribution is 6.14. The van der Waals surface area contributed by atoms with Crippen LogP contribution in [0.15, 0.2) is 52.3 Å². The number of aryl methyl sites for hydroxylation is 2. The molecule has 1 N–H and O–H groups in total. The van der Waals surface area contributed by atoms with E-state index in [1.165, 1.54) is 7.11 Å². The Balaban J connectivity index is 1.87. The summed E-state index contributed by atoms with van der Waals surface area (Å²) < 4.78 is 10.1. The quantitative estimate of drug-likeness (QED) is 0.847. The molecule has 2 aromatic rings. The number of carbonyl (C=O) groups excluding carboxylic acids is 2. The van der Waals surface area contributed by atoms with Gasteiger partial charge in [0.05, 0.1) is 32.0 Å². The second-order valence-corrected chi connectivity index (χ2v) is 5.94. The number of rotatable bonds is 5. The van der Waals surface area contributed by atoms with Gasteiger partial charge >= 0.3 is 5.97 Å². The third kappa shape index (κ3) is 3.28. The maximum atomic E-state index is 12.9. The first-order valence-corrected chi connectivity index (χ1v) is 7.98. The Kier molecular flexibility index (Phi) is 4.61. The second kappa shape index (κ2) is 6.84.